The molecule has 4 aliphatic rings. The summed E-state index contributed by atoms with van der Waals surface area (Å²) in [5, 5.41) is 0. The predicted molar refractivity (Wildman–Crippen MR) is 191 cm³/mol. The molecule has 3 aromatic rings. The van der Waals surface area contributed by atoms with E-state index in [1.165, 1.54) is 27.9 Å². The fourth-order valence-electron chi connectivity index (χ4n) is 8.01. The Bertz CT molecular complexity index is 1910. The summed E-state index contributed by atoms with van der Waals surface area (Å²) in [5.74, 6) is -3.23. The minimum Gasteiger partial charge on any atom is -0.463 e. The Hall–Kier alpha value is -4.97. The van der Waals surface area contributed by atoms with Crippen molar-refractivity contribution in [3.63, 3.8) is 0 Å². The Balaban J connectivity index is 1.37. The smallest absolute Gasteiger partial charge is 0.303 e. The Morgan fingerprint density at radius 3 is 1.91 bits per heavy atom. The van der Waals surface area contributed by atoms with Crippen LogP contribution in [0.3, 0.4) is 0 Å². The second kappa shape index (κ2) is 16.3. The minimum absolute atomic E-state index is 0.0171. The first-order valence-corrected chi connectivity index (χ1v) is 18.3. The van der Waals surface area contributed by atoms with Gasteiger partial charge in [0, 0.05) is 44.8 Å². The van der Waals surface area contributed by atoms with Crippen molar-refractivity contribution >= 4 is 29.7 Å². The van der Waals surface area contributed by atoms with Crippen LogP contribution in [0.5, 0.6) is 0 Å². The summed E-state index contributed by atoms with van der Waals surface area (Å²) in [6.45, 7) is 6.89. The van der Waals surface area contributed by atoms with Crippen molar-refractivity contribution in [3.8, 4) is 0 Å². The van der Waals surface area contributed by atoms with E-state index in [4.69, 9.17) is 42.6 Å². The molecule has 11 atom stereocenters. The Morgan fingerprint density at radius 1 is 0.714 bits per heavy atom. The van der Waals surface area contributed by atoms with Gasteiger partial charge in [0.2, 0.25) is 0 Å². The zero-order valence-corrected chi connectivity index (χ0v) is 31.7. The molecule has 0 spiro atoms. The Morgan fingerprint density at radius 2 is 1.32 bits per heavy atom. The van der Waals surface area contributed by atoms with Gasteiger partial charge in [-0.15, -0.1) is 0 Å². The van der Waals surface area contributed by atoms with Gasteiger partial charge in [0.25, 0.3) is 11.8 Å². The van der Waals surface area contributed by atoms with Crippen molar-refractivity contribution < 1.29 is 66.6 Å². The molecule has 2 amide bonds. The monoisotopic (exact) mass is 776 g/mol. The van der Waals surface area contributed by atoms with Gasteiger partial charge in [0.15, 0.2) is 31.1 Å². The number of aromatic nitrogens is 1. The molecule has 3 saturated heterocycles. The van der Waals surface area contributed by atoms with Gasteiger partial charge in [-0.25, -0.2) is 0 Å². The summed E-state index contributed by atoms with van der Waals surface area (Å²) in [4.78, 5) is 67.0. The second-order valence-electron chi connectivity index (χ2n) is 14.0. The molecule has 16 nitrogen and oxygen atoms in total. The van der Waals surface area contributed by atoms with E-state index in [9.17, 15) is 24.0 Å². The lowest BCUT2D eigenvalue weighted by Crippen LogP contribution is -2.70. The quantitative estimate of drug-likeness (QED) is 0.166. The maximum atomic E-state index is 14.2. The molecule has 0 N–H and O–H groups in total. The lowest BCUT2D eigenvalue weighted by atomic mass is 9.92. The molecule has 0 unspecified atom stereocenters. The SMILES string of the molecule is CO[C@@H]1O[C@@H]2CO[C@@H](c3ccccc3)O[C@H]2[C@H](O[C@@H]2O[C@H](COC(C)=O)[C@@H](OC(C)=O)[C@H](OC(C)=O)[C@H]2n2c(C)ccc2C)[C@H]1N1C(=O)c2ccccc2C1=O. The number of carbonyl (C=O) groups is 5. The van der Waals surface area contributed by atoms with Crippen molar-refractivity contribution in [2.45, 2.75) is 102 Å². The summed E-state index contributed by atoms with van der Waals surface area (Å²) < 4.78 is 57.7. The number of carbonyl (C=O) groups excluding carboxylic acids is 5. The van der Waals surface area contributed by atoms with Crippen molar-refractivity contribution in [2.75, 3.05) is 20.3 Å². The lowest BCUT2D eigenvalue weighted by molar-refractivity contribution is -0.376. The second-order valence-corrected chi connectivity index (χ2v) is 14.0. The molecule has 56 heavy (non-hydrogen) atoms. The summed E-state index contributed by atoms with van der Waals surface area (Å²) in [7, 11) is 1.38. The first-order chi connectivity index (χ1) is 26.9. The van der Waals surface area contributed by atoms with Gasteiger partial charge in [0.05, 0.1) is 17.7 Å². The number of benzene rings is 2. The number of esters is 3. The summed E-state index contributed by atoms with van der Waals surface area (Å²) >= 11 is 0. The largest absolute Gasteiger partial charge is 0.463 e. The third-order valence-corrected chi connectivity index (χ3v) is 10.3. The predicted octanol–water partition coefficient (Wildman–Crippen LogP) is 3.33. The standard InChI is InChI=1S/C40H44N2O14/c1-20-16-17-21(2)41(20)31-34(52-24(5)45)32(51-23(4)44)28(18-49-22(3)43)54-40(31)56-35-30(42-36(46)26-14-10-11-15-27(26)37(42)47)39(48-6)53-29-19-50-38(55-33(29)35)25-12-8-7-9-13-25/h7-17,28-35,38-40H,18-19H2,1-6H3/t28-,29-,30-,31-,32-,33-,34-,35-,38-,39-,40+/m1/s1. The highest BCUT2D eigenvalue weighted by Gasteiger charge is 2.60. The molecule has 0 saturated carbocycles. The van der Waals surface area contributed by atoms with Crippen LogP contribution in [0.2, 0.25) is 0 Å². The number of amides is 2. The van der Waals surface area contributed by atoms with Gasteiger partial charge in [0.1, 0.15) is 43.1 Å². The highest BCUT2D eigenvalue weighted by molar-refractivity contribution is 6.21. The van der Waals surface area contributed by atoms with Gasteiger partial charge in [-0.2, -0.15) is 0 Å². The number of methoxy groups -OCH3 is 1. The van der Waals surface area contributed by atoms with Crippen LogP contribution in [-0.2, 0) is 57.0 Å². The van der Waals surface area contributed by atoms with Gasteiger partial charge < -0.3 is 47.2 Å². The molecule has 4 aliphatic heterocycles. The third kappa shape index (κ3) is 7.47. The van der Waals surface area contributed by atoms with Crippen LogP contribution < -0.4 is 0 Å². The first kappa shape index (κ1) is 39.3. The Kier molecular flexibility index (Phi) is 11.4. The van der Waals surface area contributed by atoms with E-state index in [-0.39, 0.29) is 17.7 Å². The molecule has 0 radical (unpaired) electrons. The van der Waals surface area contributed by atoms with Crippen molar-refractivity contribution in [1.82, 2.24) is 9.47 Å². The van der Waals surface area contributed by atoms with Crippen LogP contribution in [0.1, 0.15) is 70.8 Å². The van der Waals surface area contributed by atoms with E-state index in [0.717, 1.165) is 4.90 Å². The fraction of sp³-hybridized carbons (Fsp3) is 0.475. The van der Waals surface area contributed by atoms with E-state index >= 15 is 0 Å². The zero-order valence-electron chi connectivity index (χ0n) is 31.7. The fourth-order valence-corrected chi connectivity index (χ4v) is 8.01. The molecular weight excluding hydrogens is 732 g/mol. The molecule has 2 aromatic carbocycles. The molecule has 7 rings (SSSR count). The molecule has 1 aromatic heterocycles. The van der Waals surface area contributed by atoms with Gasteiger partial charge in [-0.05, 0) is 38.1 Å². The average Bonchev–Trinajstić information content (AvgIpc) is 3.64. The Labute approximate surface area is 322 Å². The molecule has 5 heterocycles. The number of hydrogen-bond donors (Lipinski definition) is 0. The van der Waals surface area contributed by atoms with E-state index in [2.05, 4.69) is 0 Å². The van der Waals surface area contributed by atoms with Crippen LogP contribution >= 0.6 is 0 Å². The van der Waals surface area contributed by atoms with Crippen LogP contribution in [0.15, 0.2) is 66.7 Å². The van der Waals surface area contributed by atoms with Crippen LogP contribution in [0, 0.1) is 13.8 Å². The molecule has 16 heteroatoms. The number of aryl methyl sites for hydroxylation is 2. The highest BCUT2D eigenvalue weighted by Crippen LogP contribution is 2.43. The third-order valence-electron chi connectivity index (χ3n) is 10.3. The molecular formula is C40H44N2O14. The normalized spacial score (nSPS) is 31.3. The topological polar surface area (TPSA) is 177 Å². The first-order valence-electron chi connectivity index (χ1n) is 18.3. The molecule has 3 fully saturated rings. The van der Waals surface area contributed by atoms with Crippen molar-refractivity contribution in [2.24, 2.45) is 0 Å². The van der Waals surface area contributed by atoms with Gasteiger partial charge >= 0.3 is 17.9 Å². The highest BCUT2D eigenvalue weighted by atomic mass is 16.8. The number of hydrogen-bond acceptors (Lipinski definition) is 14. The minimum atomic E-state index is -1.41. The number of rotatable bonds is 10. The maximum Gasteiger partial charge on any atom is 0.303 e. The van der Waals surface area contributed by atoms with Crippen molar-refractivity contribution in [1.29, 1.82) is 0 Å². The zero-order chi connectivity index (χ0) is 39.8. The molecule has 298 valence electrons. The lowest BCUT2D eigenvalue weighted by Gasteiger charge is -2.53. The maximum absolute atomic E-state index is 14.2. The van der Waals surface area contributed by atoms with E-state index in [1.807, 2.05) is 60.9 Å². The summed E-state index contributed by atoms with van der Waals surface area (Å²) in [5.41, 5.74) is 2.50. The van der Waals surface area contributed by atoms with E-state index in [1.54, 1.807) is 24.3 Å². The number of nitrogens with zero attached hydrogens (tertiary/aromatic N) is 2. The van der Waals surface area contributed by atoms with E-state index in [0.29, 0.717) is 17.0 Å². The number of ether oxygens (including phenoxy) is 9. The number of fused-ring (bicyclic) bond motifs is 2. The molecule has 0 aliphatic carbocycles. The number of imide groups is 1. The van der Waals surface area contributed by atoms with Crippen molar-refractivity contribution in [3.05, 3.63) is 94.8 Å². The van der Waals surface area contributed by atoms with Crippen LogP contribution in [0.4, 0.5) is 0 Å². The average molecular weight is 777 g/mol. The van der Waals surface area contributed by atoms with Gasteiger partial charge in [-0.3, -0.25) is 28.9 Å². The summed E-state index contributed by atoms with van der Waals surface area (Å²) in [6.07, 6.45) is -10.4. The molecule has 0 bridgehead atoms. The van der Waals surface area contributed by atoms with Crippen LogP contribution in [0.25, 0.3) is 0 Å². The van der Waals surface area contributed by atoms with Gasteiger partial charge in [-0.1, -0.05) is 42.5 Å². The van der Waals surface area contributed by atoms with E-state index < -0.39 is 104 Å². The summed E-state index contributed by atoms with van der Waals surface area (Å²) in [6, 6.07) is 17.0. The van der Waals surface area contributed by atoms with Crippen LogP contribution in [-0.4, -0.2) is 115 Å².